The van der Waals surface area contributed by atoms with Gasteiger partial charge in [0.15, 0.2) is 5.82 Å². The van der Waals surface area contributed by atoms with E-state index in [4.69, 9.17) is 10.3 Å². The molecule has 2 unspecified atom stereocenters. The number of nitrogens with zero attached hydrogens (tertiary/aromatic N) is 2. The number of nitrogens with two attached hydrogens (primary N) is 1. The quantitative estimate of drug-likeness (QED) is 0.790. The van der Waals surface area contributed by atoms with Gasteiger partial charge in [0.05, 0.1) is 0 Å². The van der Waals surface area contributed by atoms with Crippen molar-refractivity contribution in [3.63, 3.8) is 0 Å². The van der Waals surface area contributed by atoms with Crippen LogP contribution in [0.1, 0.15) is 37.4 Å². The van der Waals surface area contributed by atoms with Gasteiger partial charge in [-0.25, -0.2) is 0 Å². The topological polar surface area (TPSA) is 77.0 Å². The lowest BCUT2D eigenvalue weighted by Crippen LogP contribution is -2.40. The summed E-state index contributed by atoms with van der Waals surface area (Å²) in [5, 5.41) is 7.26. The Morgan fingerprint density at radius 1 is 1.50 bits per heavy atom. The van der Waals surface area contributed by atoms with E-state index >= 15 is 0 Å². The lowest BCUT2D eigenvalue weighted by molar-refractivity contribution is 0.330. The lowest BCUT2D eigenvalue weighted by Gasteiger charge is -2.27. The summed E-state index contributed by atoms with van der Waals surface area (Å²) in [5.74, 6) is 1.42. The molecule has 0 amide bonds. The van der Waals surface area contributed by atoms with E-state index in [-0.39, 0.29) is 0 Å². The molecule has 1 aromatic heterocycles. The SMILES string of the molecule is Cc1noc(CCNC2CCCC(N)C2)n1. The van der Waals surface area contributed by atoms with Gasteiger partial charge >= 0.3 is 0 Å². The van der Waals surface area contributed by atoms with Crippen LogP contribution in [0, 0.1) is 6.92 Å². The van der Waals surface area contributed by atoms with Crippen molar-refractivity contribution in [2.24, 2.45) is 5.73 Å². The Morgan fingerprint density at radius 2 is 2.38 bits per heavy atom. The average Bonchev–Trinajstić information content (AvgIpc) is 2.64. The number of aryl methyl sites for hydroxylation is 1. The molecule has 5 heteroatoms. The molecule has 2 rings (SSSR count). The monoisotopic (exact) mass is 224 g/mol. The third-order valence-electron chi connectivity index (χ3n) is 3.06. The molecule has 1 fully saturated rings. The zero-order valence-electron chi connectivity index (χ0n) is 9.78. The maximum Gasteiger partial charge on any atom is 0.227 e. The third-order valence-corrected chi connectivity index (χ3v) is 3.06. The first-order valence-electron chi connectivity index (χ1n) is 6.02. The van der Waals surface area contributed by atoms with Crippen molar-refractivity contribution in [2.45, 2.75) is 51.1 Å². The van der Waals surface area contributed by atoms with Gasteiger partial charge in [-0.2, -0.15) is 4.98 Å². The molecule has 1 aliphatic carbocycles. The van der Waals surface area contributed by atoms with Crippen LogP contribution in [0.3, 0.4) is 0 Å². The van der Waals surface area contributed by atoms with E-state index in [2.05, 4.69) is 15.5 Å². The highest BCUT2D eigenvalue weighted by molar-refractivity contribution is 4.85. The molecule has 0 bridgehead atoms. The van der Waals surface area contributed by atoms with Gasteiger partial charge in [-0.1, -0.05) is 11.6 Å². The van der Waals surface area contributed by atoms with Gasteiger partial charge in [0.25, 0.3) is 0 Å². The standard InChI is InChI=1S/C11H20N4O/c1-8-14-11(16-15-8)5-6-13-10-4-2-3-9(12)7-10/h9-10,13H,2-7,12H2,1H3. The lowest BCUT2D eigenvalue weighted by atomic mass is 9.91. The van der Waals surface area contributed by atoms with E-state index in [0.29, 0.717) is 23.8 Å². The molecule has 2 atom stereocenters. The summed E-state index contributed by atoms with van der Waals surface area (Å²) < 4.78 is 5.05. The normalized spacial score (nSPS) is 25.9. The van der Waals surface area contributed by atoms with Gasteiger partial charge in [0, 0.05) is 25.0 Å². The molecule has 1 heterocycles. The number of hydrogen-bond donors (Lipinski definition) is 2. The third kappa shape index (κ3) is 3.28. The van der Waals surface area contributed by atoms with Crippen LogP contribution in [-0.2, 0) is 6.42 Å². The van der Waals surface area contributed by atoms with Gasteiger partial charge in [-0.3, -0.25) is 0 Å². The Hall–Kier alpha value is -0.940. The Bertz CT molecular complexity index is 326. The fraction of sp³-hybridized carbons (Fsp3) is 0.818. The Labute approximate surface area is 95.8 Å². The summed E-state index contributed by atoms with van der Waals surface area (Å²) >= 11 is 0. The number of aromatic nitrogens is 2. The predicted octanol–water partition coefficient (Wildman–Crippen LogP) is 0.780. The maximum absolute atomic E-state index is 5.93. The van der Waals surface area contributed by atoms with E-state index in [0.717, 1.165) is 19.4 Å². The van der Waals surface area contributed by atoms with E-state index in [9.17, 15) is 0 Å². The van der Waals surface area contributed by atoms with Crippen LogP contribution in [-0.4, -0.2) is 28.8 Å². The molecule has 1 aliphatic rings. The van der Waals surface area contributed by atoms with Crippen molar-refractivity contribution in [1.82, 2.24) is 15.5 Å². The van der Waals surface area contributed by atoms with Crippen molar-refractivity contribution in [3.05, 3.63) is 11.7 Å². The molecular weight excluding hydrogens is 204 g/mol. The van der Waals surface area contributed by atoms with E-state index in [1.165, 1.54) is 19.3 Å². The minimum Gasteiger partial charge on any atom is -0.339 e. The Balaban J connectivity index is 1.67. The average molecular weight is 224 g/mol. The Kier molecular flexibility index (Phi) is 3.90. The molecule has 90 valence electrons. The summed E-state index contributed by atoms with van der Waals surface area (Å²) in [6.45, 7) is 2.72. The molecule has 0 spiro atoms. The molecular formula is C11H20N4O. The second-order valence-corrected chi connectivity index (χ2v) is 4.56. The maximum atomic E-state index is 5.93. The first kappa shape index (κ1) is 11.5. The fourth-order valence-electron chi connectivity index (χ4n) is 2.24. The summed E-state index contributed by atoms with van der Waals surface area (Å²) in [7, 11) is 0. The molecule has 0 saturated heterocycles. The minimum atomic E-state index is 0.372. The molecule has 0 radical (unpaired) electrons. The highest BCUT2D eigenvalue weighted by atomic mass is 16.5. The van der Waals surface area contributed by atoms with Crippen LogP contribution in [0.25, 0.3) is 0 Å². The second-order valence-electron chi connectivity index (χ2n) is 4.56. The molecule has 0 aliphatic heterocycles. The van der Waals surface area contributed by atoms with Crippen LogP contribution in [0.4, 0.5) is 0 Å². The number of hydrogen-bond acceptors (Lipinski definition) is 5. The van der Waals surface area contributed by atoms with Gasteiger partial charge in [0.1, 0.15) is 0 Å². The van der Waals surface area contributed by atoms with Crippen LogP contribution in [0.15, 0.2) is 4.52 Å². The summed E-state index contributed by atoms with van der Waals surface area (Å²) in [4.78, 5) is 4.17. The van der Waals surface area contributed by atoms with Crippen LogP contribution >= 0.6 is 0 Å². The zero-order chi connectivity index (χ0) is 11.4. The molecule has 5 nitrogen and oxygen atoms in total. The van der Waals surface area contributed by atoms with Crippen molar-refractivity contribution in [2.75, 3.05) is 6.54 Å². The Morgan fingerprint density at radius 3 is 3.06 bits per heavy atom. The summed E-state index contributed by atoms with van der Waals surface area (Å²) in [5.41, 5.74) is 5.93. The number of nitrogens with one attached hydrogen (secondary N) is 1. The van der Waals surface area contributed by atoms with E-state index < -0.39 is 0 Å². The van der Waals surface area contributed by atoms with Gasteiger partial charge in [0.2, 0.25) is 5.89 Å². The van der Waals surface area contributed by atoms with E-state index in [1.54, 1.807) is 0 Å². The molecule has 1 aromatic rings. The second kappa shape index (κ2) is 5.41. The van der Waals surface area contributed by atoms with Crippen LogP contribution < -0.4 is 11.1 Å². The molecule has 0 aromatic carbocycles. The van der Waals surface area contributed by atoms with E-state index in [1.807, 2.05) is 6.92 Å². The zero-order valence-corrected chi connectivity index (χ0v) is 9.78. The highest BCUT2D eigenvalue weighted by Gasteiger charge is 2.18. The smallest absolute Gasteiger partial charge is 0.227 e. The van der Waals surface area contributed by atoms with Gasteiger partial charge < -0.3 is 15.6 Å². The number of rotatable bonds is 4. The highest BCUT2D eigenvalue weighted by Crippen LogP contribution is 2.16. The fourth-order valence-corrected chi connectivity index (χ4v) is 2.24. The minimum absolute atomic E-state index is 0.372. The molecule has 16 heavy (non-hydrogen) atoms. The molecule has 3 N–H and O–H groups in total. The largest absolute Gasteiger partial charge is 0.339 e. The van der Waals surface area contributed by atoms with Crippen molar-refractivity contribution in [3.8, 4) is 0 Å². The van der Waals surface area contributed by atoms with Crippen LogP contribution in [0.2, 0.25) is 0 Å². The van der Waals surface area contributed by atoms with Crippen LogP contribution in [0.5, 0.6) is 0 Å². The van der Waals surface area contributed by atoms with Crippen molar-refractivity contribution >= 4 is 0 Å². The first-order chi connectivity index (χ1) is 7.74. The molecule has 1 saturated carbocycles. The van der Waals surface area contributed by atoms with Gasteiger partial charge in [-0.15, -0.1) is 0 Å². The summed E-state index contributed by atoms with van der Waals surface area (Å²) in [6.07, 6.45) is 5.52. The van der Waals surface area contributed by atoms with Gasteiger partial charge in [-0.05, 0) is 26.2 Å². The predicted molar refractivity (Wildman–Crippen MR) is 61.0 cm³/mol. The first-order valence-corrected chi connectivity index (χ1v) is 6.02. The van der Waals surface area contributed by atoms with Crippen molar-refractivity contribution in [1.29, 1.82) is 0 Å². The summed E-state index contributed by atoms with van der Waals surface area (Å²) in [6, 6.07) is 0.935. The van der Waals surface area contributed by atoms with Crippen molar-refractivity contribution < 1.29 is 4.52 Å².